The van der Waals surface area contributed by atoms with Gasteiger partial charge in [0.05, 0.1) is 0 Å². The average Bonchev–Trinajstić information content (AvgIpc) is 3.18. The van der Waals surface area contributed by atoms with Crippen LogP contribution in [0.2, 0.25) is 0 Å². The second-order valence-electron chi connectivity index (χ2n) is 7.61. The predicted molar refractivity (Wildman–Crippen MR) is 104 cm³/mol. The van der Waals surface area contributed by atoms with Crippen LogP contribution >= 0.6 is 0 Å². The molecule has 33 heavy (non-hydrogen) atoms. The molecule has 176 valence electrons. The SMILES string of the molecule is CC1(C)O[C@H]2[C@H](OC(=O)c3cc(=O)[nH]c(=O)[nH]3)O[C@H](COC(=O)c3cc(=O)[nH]c(=O)[nH]3)[C@H]2O1. The zero-order chi connectivity index (χ0) is 23.9. The fraction of sp³-hybridized carbons (Fsp3) is 0.444. The van der Waals surface area contributed by atoms with E-state index < -0.39 is 77.1 Å². The lowest BCUT2D eigenvalue weighted by atomic mass is 10.1. The Hall–Kier alpha value is -3.82. The Kier molecular flexibility index (Phi) is 5.61. The highest BCUT2D eigenvalue weighted by Gasteiger charge is 2.57. The molecule has 15 nitrogen and oxygen atoms in total. The molecular formula is C18H18N4O11. The Balaban J connectivity index is 1.48. The van der Waals surface area contributed by atoms with Gasteiger partial charge < -0.3 is 33.7 Å². The zero-order valence-electron chi connectivity index (χ0n) is 17.2. The van der Waals surface area contributed by atoms with Gasteiger partial charge in [0, 0.05) is 12.1 Å². The average molecular weight is 466 g/mol. The molecule has 0 aromatic carbocycles. The van der Waals surface area contributed by atoms with Gasteiger partial charge in [-0.1, -0.05) is 0 Å². The highest BCUT2D eigenvalue weighted by molar-refractivity contribution is 5.87. The molecule has 2 aliphatic rings. The van der Waals surface area contributed by atoms with E-state index in [9.17, 15) is 28.8 Å². The summed E-state index contributed by atoms with van der Waals surface area (Å²) in [6, 6.07) is 1.70. The van der Waals surface area contributed by atoms with E-state index in [0.717, 1.165) is 12.1 Å². The second-order valence-corrected chi connectivity index (χ2v) is 7.61. The number of rotatable bonds is 5. The highest BCUT2D eigenvalue weighted by atomic mass is 16.8. The van der Waals surface area contributed by atoms with E-state index in [0.29, 0.717) is 0 Å². The van der Waals surface area contributed by atoms with Gasteiger partial charge in [0.2, 0.25) is 6.29 Å². The van der Waals surface area contributed by atoms with Gasteiger partial charge in [0.1, 0.15) is 30.2 Å². The molecule has 0 spiro atoms. The van der Waals surface area contributed by atoms with Crippen molar-refractivity contribution >= 4 is 11.9 Å². The van der Waals surface area contributed by atoms with Crippen molar-refractivity contribution < 1.29 is 33.3 Å². The number of carbonyl (C=O) groups is 2. The van der Waals surface area contributed by atoms with Gasteiger partial charge in [-0.25, -0.2) is 19.2 Å². The lowest BCUT2D eigenvalue weighted by molar-refractivity contribution is -0.223. The summed E-state index contributed by atoms with van der Waals surface area (Å²) < 4.78 is 27.5. The number of nitrogens with one attached hydrogen (secondary N) is 4. The minimum atomic E-state index is -1.32. The van der Waals surface area contributed by atoms with Gasteiger partial charge >= 0.3 is 23.3 Å². The molecule has 0 bridgehead atoms. The summed E-state index contributed by atoms with van der Waals surface area (Å²) in [5, 5.41) is 0. The van der Waals surface area contributed by atoms with E-state index >= 15 is 0 Å². The molecule has 2 saturated heterocycles. The van der Waals surface area contributed by atoms with Crippen molar-refractivity contribution in [2.75, 3.05) is 6.61 Å². The Morgan fingerprint density at radius 2 is 1.42 bits per heavy atom. The van der Waals surface area contributed by atoms with Crippen LogP contribution in [-0.2, 0) is 23.7 Å². The van der Waals surface area contributed by atoms with Crippen LogP contribution in [0.3, 0.4) is 0 Å². The van der Waals surface area contributed by atoms with Gasteiger partial charge in [0.15, 0.2) is 11.9 Å². The van der Waals surface area contributed by atoms with Crippen LogP contribution in [0.4, 0.5) is 0 Å². The number of aromatic nitrogens is 4. The third-order valence-electron chi connectivity index (χ3n) is 4.67. The summed E-state index contributed by atoms with van der Waals surface area (Å²) in [6.45, 7) is 2.83. The maximum Gasteiger partial charge on any atom is 0.357 e. The fourth-order valence-corrected chi connectivity index (χ4v) is 3.43. The molecule has 0 amide bonds. The first-order chi connectivity index (χ1) is 15.5. The van der Waals surface area contributed by atoms with E-state index in [1.165, 1.54) is 0 Å². The van der Waals surface area contributed by atoms with Gasteiger partial charge in [-0.2, -0.15) is 0 Å². The van der Waals surface area contributed by atoms with E-state index in [4.69, 9.17) is 23.7 Å². The quantitative estimate of drug-likeness (QED) is 0.344. The van der Waals surface area contributed by atoms with Crippen molar-refractivity contribution in [1.82, 2.24) is 19.9 Å². The van der Waals surface area contributed by atoms with Gasteiger partial charge in [0.25, 0.3) is 11.1 Å². The number of aromatic amines is 4. The van der Waals surface area contributed by atoms with Crippen LogP contribution < -0.4 is 22.5 Å². The first-order valence-corrected chi connectivity index (χ1v) is 9.57. The summed E-state index contributed by atoms with van der Waals surface area (Å²) in [5.41, 5.74) is -4.16. The summed E-state index contributed by atoms with van der Waals surface area (Å²) in [7, 11) is 0. The number of hydrogen-bond acceptors (Lipinski definition) is 11. The maximum atomic E-state index is 12.4. The normalized spacial score (nSPS) is 25.4. The summed E-state index contributed by atoms with van der Waals surface area (Å²) in [6.07, 6.45) is -4.01. The molecular weight excluding hydrogens is 448 g/mol. The summed E-state index contributed by atoms with van der Waals surface area (Å²) in [4.78, 5) is 78.2. The topological polar surface area (TPSA) is 212 Å². The Morgan fingerprint density at radius 1 is 0.879 bits per heavy atom. The fourth-order valence-electron chi connectivity index (χ4n) is 3.43. The number of esters is 2. The number of ether oxygens (including phenoxy) is 5. The summed E-state index contributed by atoms with van der Waals surface area (Å²) in [5.74, 6) is -3.14. The molecule has 0 radical (unpaired) electrons. The minimum absolute atomic E-state index is 0.372. The molecule has 2 aromatic rings. The summed E-state index contributed by atoms with van der Waals surface area (Å²) >= 11 is 0. The molecule has 0 aliphatic carbocycles. The Morgan fingerprint density at radius 3 is 2.00 bits per heavy atom. The van der Waals surface area contributed by atoms with Crippen LogP contribution in [0.15, 0.2) is 31.3 Å². The molecule has 2 fully saturated rings. The largest absolute Gasteiger partial charge is 0.458 e. The lowest BCUT2D eigenvalue weighted by Gasteiger charge is -2.23. The van der Waals surface area contributed by atoms with Crippen LogP contribution in [0.1, 0.15) is 34.8 Å². The van der Waals surface area contributed by atoms with Crippen LogP contribution in [0.5, 0.6) is 0 Å². The second kappa shape index (κ2) is 8.27. The van der Waals surface area contributed by atoms with Gasteiger partial charge in [-0.15, -0.1) is 0 Å². The number of fused-ring (bicyclic) bond motifs is 1. The lowest BCUT2D eigenvalue weighted by Crippen LogP contribution is -2.34. The van der Waals surface area contributed by atoms with E-state index in [1.807, 2.05) is 9.97 Å². The highest BCUT2D eigenvalue weighted by Crippen LogP contribution is 2.39. The first-order valence-electron chi connectivity index (χ1n) is 9.57. The monoisotopic (exact) mass is 466 g/mol. The van der Waals surface area contributed by atoms with Crippen molar-refractivity contribution in [3.63, 3.8) is 0 Å². The predicted octanol–water partition coefficient (Wildman–Crippen LogP) is -2.30. The Labute approximate surface area is 182 Å². The zero-order valence-corrected chi connectivity index (χ0v) is 17.2. The van der Waals surface area contributed by atoms with Gasteiger partial charge in [-0.05, 0) is 13.8 Å². The third kappa shape index (κ3) is 4.84. The molecule has 4 atom stereocenters. The van der Waals surface area contributed by atoms with E-state index in [2.05, 4.69) is 9.97 Å². The molecule has 2 aromatic heterocycles. The van der Waals surface area contributed by atoms with Crippen LogP contribution in [-0.4, -0.2) is 68.9 Å². The van der Waals surface area contributed by atoms with Crippen molar-refractivity contribution in [2.24, 2.45) is 0 Å². The van der Waals surface area contributed by atoms with Crippen molar-refractivity contribution in [1.29, 1.82) is 0 Å². The molecule has 0 unspecified atom stereocenters. The minimum Gasteiger partial charge on any atom is -0.458 e. The molecule has 4 N–H and O–H groups in total. The Bertz CT molecular complexity index is 1260. The molecule has 4 heterocycles. The molecule has 15 heteroatoms. The van der Waals surface area contributed by atoms with Crippen LogP contribution in [0, 0.1) is 0 Å². The third-order valence-corrected chi connectivity index (χ3v) is 4.67. The van der Waals surface area contributed by atoms with E-state index in [1.54, 1.807) is 13.8 Å². The smallest absolute Gasteiger partial charge is 0.357 e. The standard InChI is InChI=1S/C18H18N4O11/c1-18(2)32-11-8(5-29-13(25)6-3-9(23)21-16(27)19-6)30-15(12(11)33-18)31-14(26)7-4-10(24)22-17(28)20-7/h3-4,8,11-12,15H,5H2,1-2H3,(H2,19,21,23,27)(H2,20,22,24,28)/t8-,11-,12-,15+/m1/s1. The maximum absolute atomic E-state index is 12.4. The number of hydrogen-bond donors (Lipinski definition) is 4. The molecule has 2 aliphatic heterocycles. The first kappa shape index (κ1) is 22.4. The van der Waals surface area contributed by atoms with Crippen molar-refractivity contribution in [3.05, 3.63) is 65.2 Å². The molecule has 0 saturated carbocycles. The number of H-pyrrole nitrogens is 4. The number of carbonyl (C=O) groups excluding carboxylic acids is 2. The van der Waals surface area contributed by atoms with Crippen molar-refractivity contribution in [2.45, 2.75) is 44.2 Å². The van der Waals surface area contributed by atoms with E-state index in [-0.39, 0.29) is 5.69 Å². The van der Waals surface area contributed by atoms with Gasteiger partial charge in [-0.3, -0.25) is 19.6 Å². The van der Waals surface area contributed by atoms with Crippen molar-refractivity contribution in [3.8, 4) is 0 Å². The van der Waals surface area contributed by atoms with Crippen LogP contribution in [0.25, 0.3) is 0 Å². The molecule has 4 rings (SSSR count).